The number of unbranched alkanes of at least 4 members (excludes halogenated alkanes) is 1. The molecule has 0 fully saturated rings. The van der Waals surface area contributed by atoms with E-state index in [0.717, 1.165) is 29.3 Å². The van der Waals surface area contributed by atoms with Gasteiger partial charge in [0.1, 0.15) is 6.04 Å². The van der Waals surface area contributed by atoms with Gasteiger partial charge in [0.25, 0.3) is 0 Å². The van der Waals surface area contributed by atoms with Crippen molar-refractivity contribution in [3.63, 3.8) is 0 Å². The van der Waals surface area contributed by atoms with E-state index in [4.69, 9.17) is 4.74 Å². The smallest absolute Gasteiger partial charge is 0.338 e. The van der Waals surface area contributed by atoms with Crippen molar-refractivity contribution in [2.24, 2.45) is 0 Å². The van der Waals surface area contributed by atoms with Gasteiger partial charge >= 0.3 is 5.97 Å². The van der Waals surface area contributed by atoms with Crippen LogP contribution in [-0.2, 0) is 20.7 Å². The molecule has 31 heavy (non-hydrogen) atoms. The molecule has 0 aliphatic carbocycles. The van der Waals surface area contributed by atoms with Crippen molar-refractivity contribution in [2.45, 2.75) is 39.2 Å². The van der Waals surface area contributed by atoms with Crippen LogP contribution in [0.15, 0.2) is 54.7 Å². The molecular weight excluding hydrogens is 394 g/mol. The maximum Gasteiger partial charge on any atom is 0.338 e. The Morgan fingerprint density at radius 1 is 1.06 bits per heavy atom. The largest absolute Gasteiger partial charge is 0.462 e. The van der Waals surface area contributed by atoms with Crippen molar-refractivity contribution in [3.8, 4) is 0 Å². The first-order valence-corrected chi connectivity index (χ1v) is 10.4. The summed E-state index contributed by atoms with van der Waals surface area (Å²) in [5.41, 5.74) is 2.87. The van der Waals surface area contributed by atoms with Crippen molar-refractivity contribution in [3.05, 3.63) is 65.9 Å². The summed E-state index contributed by atoms with van der Waals surface area (Å²) in [6.45, 7) is 3.80. The lowest BCUT2D eigenvalue weighted by atomic mass is 10.0. The van der Waals surface area contributed by atoms with Gasteiger partial charge in [0, 0.05) is 36.1 Å². The number of H-pyrrole nitrogens is 1. The van der Waals surface area contributed by atoms with Crippen molar-refractivity contribution >= 4 is 34.4 Å². The molecule has 7 heteroatoms. The third-order valence-corrected chi connectivity index (χ3v) is 4.91. The monoisotopic (exact) mass is 421 g/mol. The van der Waals surface area contributed by atoms with Crippen molar-refractivity contribution in [1.82, 2.24) is 10.3 Å². The lowest BCUT2D eigenvalue weighted by molar-refractivity contribution is -0.125. The summed E-state index contributed by atoms with van der Waals surface area (Å²) < 4.78 is 5.19. The number of rotatable bonds is 9. The summed E-state index contributed by atoms with van der Waals surface area (Å²) in [5, 5.41) is 6.54. The maximum absolute atomic E-state index is 12.9. The highest BCUT2D eigenvalue weighted by atomic mass is 16.5. The SMILES string of the molecule is CCCCOC(=O)c1ccc(NC(=O)C(Cc2c[nH]c3ccccc23)NC(C)=O)cc1. The Morgan fingerprint density at radius 3 is 2.52 bits per heavy atom. The molecule has 0 saturated carbocycles. The normalized spacial score (nSPS) is 11.7. The van der Waals surface area contributed by atoms with Gasteiger partial charge in [-0.15, -0.1) is 0 Å². The first kappa shape index (κ1) is 22.1. The number of carbonyl (C=O) groups is 3. The molecule has 3 aromatic rings. The number of fused-ring (bicyclic) bond motifs is 1. The van der Waals surface area contributed by atoms with Crippen LogP contribution in [0.2, 0.25) is 0 Å². The summed E-state index contributed by atoms with van der Waals surface area (Å²) in [6, 6.07) is 13.6. The van der Waals surface area contributed by atoms with Crippen molar-refractivity contribution < 1.29 is 19.1 Å². The lowest BCUT2D eigenvalue weighted by Gasteiger charge is -2.17. The van der Waals surface area contributed by atoms with Crippen LogP contribution in [0.5, 0.6) is 0 Å². The maximum atomic E-state index is 12.9. The van der Waals surface area contributed by atoms with Gasteiger partial charge in [-0.3, -0.25) is 9.59 Å². The highest BCUT2D eigenvalue weighted by Crippen LogP contribution is 2.20. The topological polar surface area (TPSA) is 100 Å². The van der Waals surface area contributed by atoms with Gasteiger partial charge in [-0.2, -0.15) is 0 Å². The Balaban J connectivity index is 1.67. The van der Waals surface area contributed by atoms with E-state index in [2.05, 4.69) is 15.6 Å². The molecule has 162 valence electrons. The molecular formula is C24H27N3O4. The zero-order valence-electron chi connectivity index (χ0n) is 17.7. The van der Waals surface area contributed by atoms with Crippen LogP contribution in [0.4, 0.5) is 5.69 Å². The Labute approximate surface area is 181 Å². The number of benzene rings is 2. The Bertz CT molecular complexity index is 1060. The predicted octanol–water partition coefficient (Wildman–Crippen LogP) is 3.81. The number of para-hydroxylation sites is 1. The van der Waals surface area contributed by atoms with Gasteiger partial charge in [-0.25, -0.2) is 4.79 Å². The number of aromatic nitrogens is 1. The summed E-state index contributed by atoms with van der Waals surface area (Å²) in [4.78, 5) is 39.7. The number of esters is 1. The number of nitrogens with one attached hydrogen (secondary N) is 3. The quantitative estimate of drug-likeness (QED) is 0.361. The van der Waals surface area contributed by atoms with Crippen LogP contribution >= 0.6 is 0 Å². The lowest BCUT2D eigenvalue weighted by Crippen LogP contribution is -2.44. The van der Waals surface area contributed by atoms with Crippen molar-refractivity contribution in [1.29, 1.82) is 0 Å². The molecule has 1 atom stereocenters. The summed E-state index contributed by atoms with van der Waals surface area (Å²) in [7, 11) is 0. The Kier molecular flexibility index (Phi) is 7.43. The molecule has 1 unspecified atom stereocenters. The molecule has 0 aliphatic heterocycles. The second kappa shape index (κ2) is 10.4. The zero-order valence-corrected chi connectivity index (χ0v) is 17.7. The highest BCUT2D eigenvalue weighted by molar-refractivity contribution is 5.98. The molecule has 0 aliphatic rings. The number of carbonyl (C=O) groups excluding carboxylic acids is 3. The van der Waals surface area contributed by atoms with E-state index in [-0.39, 0.29) is 17.8 Å². The van der Waals surface area contributed by atoms with E-state index in [1.54, 1.807) is 24.3 Å². The molecule has 3 rings (SSSR count). The molecule has 0 spiro atoms. The molecule has 3 N–H and O–H groups in total. The average Bonchev–Trinajstić information content (AvgIpc) is 3.16. The fourth-order valence-corrected chi connectivity index (χ4v) is 3.29. The van der Waals surface area contributed by atoms with Crippen molar-refractivity contribution in [2.75, 3.05) is 11.9 Å². The van der Waals surface area contributed by atoms with Gasteiger partial charge in [0.05, 0.1) is 12.2 Å². The van der Waals surface area contributed by atoms with Crippen LogP contribution in [0.1, 0.15) is 42.6 Å². The van der Waals surface area contributed by atoms with E-state index in [9.17, 15) is 14.4 Å². The molecule has 7 nitrogen and oxygen atoms in total. The number of hydrogen-bond donors (Lipinski definition) is 3. The summed E-state index contributed by atoms with van der Waals surface area (Å²) in [6.07, 6.45) is 3.97. The van der Waals surface area contributed by atoms with Gasteiger partial charge in [0.2, 0.25) is 11.8 Å². The van der Waals surface area contributed by atoms with Gasteiger partial charge < -0.3 is 20.4 Å². The van der Waals surface area contributed by atoms with E-state index in [1.165, 1.54) is 6.92 Å². The van der Waals surface area contributed by atoms with Gasteiger partial charge in [-0.1, -0.05) is 31.5 Å². The number of hydrogen-bond acceptors (Lipinski definition) is 4. The van der Waals surface area contributed by atoms with Gasteiger partial charge in [0.15, 0.2) is 0 Å². The van der Waals surface area contributed by atoms with Crippen LogP contribution in [0, 0.1) is 0 Å². The Morgan fingerprint density at radius 2 is 1.81 bits per heavy atom. The molecule has 2 amide bonds. The van der Waals surface area contributed by atoms with E-state index < -0.39 is 6.04 Å². The zero-order chi connectivity index (χ0) is 22.2. The fourth-order valence-electron chi connectivity index (χ4n) is 3.29. The van der Waals surface area contributed by atoms with Crippen LogP contribution in [-0.4, -0.2) is 35.4 Å². The molecule has 2 aromatic carbocycles. The predicted molar refractivity (Wildman–Crippen MR) is 120 cm³/mol. The van der Waals surface area contributed by atoms with Crippen LogP contribution < -0.4 is 10.6 Å². The first-order chi connectivity index (χ1) is 15.0. The van der Waals surface area contributed by atoms with E-state index in [0.29, 0.717) is 24.3 Å². The second-order valence-electron chi connectivity index (χ2n) is 7.37. The minimum atomic E-state index is -0.740. The third-order valence-electron chi connectivity index (χ3n) is 4.91. The van der Waals surface area contributed by atoms with Crippen LogP contribution in [0.3, 0.4) is 0 Å². The standard InChI is InChI=1S/C24H27N3O4/c1-3-4-13-31-24(30)17-9-11-19(12-10-17)27-23(29)22(26-16(2)28)14-18-15-25-21-8-6-5-7-20(18)21/h5-12,15,22,25H,3-4,13-14H2,1-2H3,(H,26,28)(H,27,29). The minimum absolute atomic E-state index is 0.287. The van der Waals surface area contributed by atoms with Gasteiger partial charge in [-0.05, 0) is 42.3 Å². The van der Waals surface area contributed by atoms with E-state index >= 15 is 0 Å². The number of anilines is 1. The molecule has 1 heterocycles. The number of amides is 2. The molecule has 0 saturated heterocycles. The third kappa shape index (κ3) is 5.94. The first-order valence-electron chi connectivity index (χ1n) is 10.4. The molecule has 0 bridgehead atoms. The minimum Gasteiger partial charge on any atom is -0.462 e. The van der Waals surface area contributed by atoms with E-state index in [1.807, 2.05) is 37.4 Å². The highest BCUT2D eigenvalue weighted by Gasteiger charge is 2.22. The second-order valence-corrected chi connectivity index (χ2v) is 7.37. The average molecular weight is 421 g/mol. The van der Waals surface area contributed by atoms with Crippen LogP contribution in [0.25, 0.3) is 10.9 Å². The summed E-state index contributed by atoms with van der Waals surface area (Å²) in [5.74, 6) is -1.01. The number of aromatic amines is 1. The summed E-state index contributed by atoms with van der Waals surface area (Å²) >= 11 is 0. The fraction of sp³-hybridized carbons (Fsp3) is 0.292. The molecule has 0 radical (unpaired) electrons. The Hall–Kier alpha value is -3.61. The number of ether oxygens (including phenoxy) is 1. The molecule has 1 aromatic heterocycles.